The van der Waals surface area contributed by atoms with Crippen molar-refractivity contribution in [3.63, 3.8) is 0 Å². The molecule has 3 heterocycles. The monoisotopic (exact) mass is 465 g/mol. The lowest BCUT2D eigenvalue weighted by Crippen LogP contribution is -2.32. The van der Waals surface area contributed by atoms with Crippen LogP contribution in [0.5, 0.6) is 0 Å². The summed E-state index contributed by atoms with van der Waals surface area (Å²) in [7, 11) is 0. The standard InChI is InChI=1S/C22H22F3N3O3S/c1-14(15-7-3-2-4-8-15)28-19(22(23,24)25)13-16(26-28)17-10-11-18(32-17)21(29)27-31-20-9-5-6-12-30-20/h2-4,7-8,10-11,13-14,20H,5-6,9,12H2,1H3,(H,27,29). The number of rotatable bonds is 6. The molecule has 1 N–H and O–H groups in total. The van der Waals surface area contributed by atoms with Crippen LogP contribution in [0.4, 0.5) is 13.2 Å². The van der Waals surface area contributed by atoms with E-state index >= 15 is 0 Å². The van der Waals surface area contributed by atoms with Gasteiger partial charge in [-0.05, 0) is 43.5 Å². The van der Waals surface area contributed by atoms with Crippen LogP contribution in [-0.2, 0) is 15.8 Å². The van der Waals surface area contributed by atoms with Crippen molar-refractivity contribution in [2.75, 3.05) is 6.61 Å². The van der Waals surface area contributed by atoms with E-state index in [1.54, 1.807) is 43.3 Å². The van der Waals surface area contributed by atoms with E-state index in [1.807, 2.05) is 0 Å². The molecule has 170 valence electrons. The van der Waals surface area contributed by atoms with Crippen LogP contribution in [-0.4, -0.2) is 28.6 Å². The average molecular weight is 465 g/mol. The summed E-state index contributed by atoms with van der Waals surface area (Å²) in [6.07, 6.45) is -2.46. The highest BCUT2D eigenvalue weighted by Gasteiger charge is 2.37. The van der Waals surface area contributed by atoms with Gasteiger partial charge in [0.05, 0.1) is 15.8 Å². The lowest BCUT2D eigenvalue weighted by molar-refractivity contribution is -0.186. The summed E-state index contributed by atoms with van der Waals surface area (Å²) in [6, 6.07) is 12.4. The molecule has 2 atom stereocenters. The number of ether oxygens (including phenoxy) is 1. The molecular formula is C22H22F3N3O3S. The van der Waals surface area contributed by atoms with Gasteiger partial charge in [0.15, 0.2) is 6.29 Å². The van der Waals surface area contributed by atoms with Crippen LogP contribution in [0.25, 0.3) is 10.6 Å². The van der Waals surface area contributed by atoms with Crippen molar-refractivity contribution >= 4 is 17.2 Å². The Kier molecular flexibility index (Phi) is 6.63. The van der Waals surface area contributed by atoms with Crippen molar-refractivity contribution in [2.45, 2.75) is 44.7 Å². The molecule has 0 radical (unpaired) electrons. The first-order valence-electron chi connectivity index (χ1n) is 10.2. The van der Waals surface area contributed by atoms with Crippen LogP contribution in [0, 0.1) is 0 Å². The van der Waals surface area contributed by atoms with Crippen LogP contribution in [0.3, 0.4) is 0 Å². The van der Waals surface area contributed by atoms with Crippen LogP contribution in [0.15, 0.2) is 48.5 Å². The van der Waals surface area contributed by atoms with Gasteiger partial charge < -0.3 is 4.74 Å². The Morgan fingerprint density at radius 2 is 2.03 bits per heavy atom. The summed E-state index contributed by atoms with van der Waals surface area (Å²) in [6.45, 7) is 2.24. The molecule has 3 aromatic rings. The second kappa shape index (κ2) is 9.43. The number of hydrogen-bond acceptors (Lipinski definition) is 5. The van der Waals surface area contributed by atoms with Crippen LogP contribution in [0.2, 0.25) is 0 Å². The van der Waals surface area contributed by atoms with E-state index in [0.29, 0.717) is 28.3 Å². The number of aromatic nitrogens is 2. The van der Waals surface area contributed by atoms with E-state index in [0.717, 1.165) is 34.9 Å². The zero-order valence-electron chi connectivity index (χ0n) is 17.3. The molecule has 6 nitrogen and oxygen atoms in total. The van der Waals surface area contributed by atoms with Gasteiger partial charge in [-0.1, -0.05) is 30.3 Å². The van der Waals surface area contributed by atoms with E-state index in [1.165, 1.54) is 6.07 Å². The summed E-state index contributed by atoms with van der Waals surface area (Å²) >= 11 is 1.04. The highest BCUT2D eigenvalue weighted by molar-refractivity contribution is 7.17. The predicted molar refractivity (Wildman–Crippen MR) is 113 cm³/mol. The van der Waals surface area contributed by atoms with E-state index in [4.69, 9.17) is 9.57 Å². The number of carbonyl (C=O) groups excluding carboxylic acids is 1. The molecule has 10 heteroatoms. The number of hydrogen-bond donors (Lipinski definition) is 1. The minimum absolute atomic E-state index is 0.153. The minimum Gasteiger partial charge on any atom is -0.350 e. The van der Waals surface area contributed by atoms with Gasteiger partial charge in [-0.15, -0.1) is 11.3 Å². The maximum absolute atomic E-state index is 13.7. The number of hydroxylamine groups is 1. The number of benzene rings is 1. The van der Waals surface area contributed by atoms with Gasteiger partial charge in [0, 0.05) is 13.0 Å². The number of carbonyl (C=O) groups is 1. The molecule has 0 saturated carbocycles. The van der Waals surface area contributed by atoms with E-state index < -0.39 is 30.1 Å². The third-order valence-electron chi connectivity index (χ3n) is 5.18. The summed E-state index contributed by atoms with van der Waals surface area (Å²) < 4.78 is 47.5. The maximum atomic E-state index is 13.7. The molecule has 32 heavy (non-hydrogen) atoms. The Labute approximate surface area is 186 Å². The fraction of sp³-hybridized carbons (Fsp3) is 0.364. The van der Waals surface area contributed by atoms with Crippen molar-refractivity contribution in [2.24, 2.45) is 0 Å². The topological polar surface area (TPSA) is 65.4 Å². The predicted octanol–water partition coefficient (Wildman–Crippen LogP) is 5.43. The van der Waals surface area contributed by atoms with E-state index in [9.17, 15) is 18.0 Å². The van der Waals surface area contributed by atoms with E-state index in [-0.39, 0.29) is 5.69 Å². The first-order valence-corrected chi connectivity index (χ1v) is 11.0. The lowest BCUT2D eigenvalue weighted by atomic mass is 10.1. The smallest absolute Gasteiger partial charge is 0.350 e. The number of alkyl halides is 3. The number of nitrogens with one attached hydrogen (secondary N) is 1. The number of thiophene rings is 1. The lowest BCUT2D eigenvalue weighted by Gasteiger charge is -2.21. The Morgan fingerprint density at radius 1 is 1.25 bits per heavy atom. The van der Waals surface area contributed by atoms with Crippen molar-refractivity contribution in [3.05, 3.63) is 64.7 Å². The van der Waals surface area contributed by atoms with Crippen molar-refractivity contribution in [1.29, 1.82) is 0 Å². The van der Waals surface area contributed by atoms with Crippen molar-refractivity contribution in [1.82, 2.24) is 15.3 Å². The van der Waals surface area contributed by atoms with E-state index in [2.05, 4.69) is 10.6 Å². The second-order valence-electron chi connectivity index (χ2n) is 7.45. The largest absolute Gasteiger partial charge is 0.433 e. The normalized spacial score (nSPS) is 17.8. The van der Waals surface area contributed by atoms with Gasteiger partial charge in [0.1, 0.15) is 11.4 Å². The van der Waals surface area contributed by atoms with Crippen molar-refractivity contribution < 1.29 is 27.5 Å². The van der Waals surface area contributed by atoms with Gasteiger partial charge in [-0.25, -0.2) is 10.3 Å². The molecule has 1 aliphatic rings. The summed E-state index contributed by atoms with van der Waals surface area (Å²) in [5.41, 5.74) is 2.37. The third kappa shape index (κ3) is 5.03. The highest BCUT2D eigenvalue weighted by atomic mass is 32.1. The van der Waals surface area contributed by atoms with Gasteiger partial charge in [0.2, 0.25) is 0 Å². The highest BCUT2D eigenvalue weighted by Crippen LogP contribution is 2.37. The average Bonchev–Trinajstić information content (AvgIpc) is 3.46. The van der Waals surface area contributed by atoms with Gasteiger partial charge in [-0.3, -0.25) is 9.48 Å². The second-order valence-corrected chi connectivity index (χ2v) is 8.54. The summed E-state index contributed by atoms with van der Waals surface area (Å²) in [4.78, 5) is 18.4. The molecule has 1 amide bonds. The van der Waals surface area contributed by atoms with Gasteiger partial charge >= 0.3 is 6.18 Å². The zero-order valence-corrected chi connectivity index (χ0v) is 18.1. The number of halogens is 3. The fourth-order valence-corrected chi connectivity index (χ4v) is 4.31. The summed E-state index contributed by atoms with van der Waals surface area (Å²) in [5, 5.41) is 4.24. The van der Waals surface area contributed by atoms with Gasteiger partial charge in [0.25, 0.3) is 5.91 Å². The Bertz CT molecular complexity index is 1060. The SMILES string of the molecule is CC(c1ccccc1)n1nc(-c2ccc(C(=O)NOC3CCCCO3)s2)cc1C(F)(F)F. The third-order valence-corrected chi connectivity index (χ3v) is 6.28. The number of amides is 1. The van der Waals surface area contributed by atoms with Gasteiger partial charge in [-0.2, -0.15) is 18.3 Å². The van der Waals surface area contributed by atoms with Crippen LogP contribution < -0.4 is 5.48 Å². The molecule has 2 aromatic heterocycles. The molecule has 1 saturated heterocycles. The Morgan fingerprint density at radius 3 is 2.72 bits per heavy atom. The molecule has 1 aliphatic heterocycles. The molecule has 0 spiro atoms. The Hall–Kier alpha value is -2.69. The maximum Gasteiger partial charge on any atom is 0.433 e. The van der Waals surface area contributed by atoms with Crippen LogP contribution >= 0.6 is 11.3 Å². The summed E-state index contributed by atoms with van der Waals surface area (Å²) in [5.74, 6) is -0.483. The number of nitrogens with zero attached hydrogens (tertiary/aromatic N) is 2. The molecule has 4 rings (SSSR count). The quantitative estimate of drug-likeness (QED) is 0.493. The molecule has 0 bridgehead atoms. The molecular weight excluding hydrogens is 443 g/mol. The fourth-order valence-electron chi connectivity index (χ4n) is 3.47. The molecule has 1 aromatic carbocycles. The minimum atomic E-state index is -4.57. The first-order chi connectivity index (χ1) is 15.3. The first kappa shape index (κ1) is 22.5. The van der Waals surface area contributed by atoms with Crippen molar-refractivity contribution in [3.8, 4) is 10.6 Å². The molecule has 0 aliphatic carbocycles. The molecule has 1 fully saturated rings. The zero-order chi connectivity index (χ0) is 22.7. The Balaban J connectivity index is 1.54. The van der Waals surface area contributed by atoms with Crippen LogP contribution in [0.1, 0.15) is 53.2 Å². The molecule has 2 unspecified atom stereocenters.